The molecule has 1 atom stereocenters. The van der Waals surface area contributed by atoms with Crippen LogP contribution in [0.25, 0.3) is 0 Å². The van der Waals surface area contributed by atoms with Gasteiger partial charge in [-0.25, -0.2) is 4.79 Å². The van der Waals surface area contributed by atoms with Crippen molar-refractivity contribution in [1.29, 1.82) is 0 Å². The predicted molar refractivity (Wildman–Crippen MR) is 99.7 cm³/mol. The summed E-state index contributed by atoms with van der Waals surface area (Å²) in [5, 5.41) is 6.47. The number of ether oxygens (including phenoxy) is 2. The number of methoxy groups -OCH3 is 2. The van der Waals surface area contributed by atoms with Crippen LogP contribution in [0.3, 0.4) is 0 Å². The number of halogens is 1. The Morgan fingerprint density at radius 1 is 1.12 bits per heavy atom. The first-order valence-electron chi connectivity index (χ1n) is 8.04. The first-order chi connectivity index (χ1) is 12.0. The topological polar surface area (TPSA) is 59.6 Å². The molecule has 0 aliphatic rings. The minimum absolute atomic E-state index is 0.222. The molecule has 2 aromatic rings. The molecular formula is C19H23ClN2O3. The average Bonchev–Trinajstić information content (AvgIpc) is 2.62. The van der Waals surface area contributed by atoms with E-state index in [0.717, 1.165) is 17.5 Å². The highest BCUT2D eigenvalue weighted by Crippen LogP contribution is 2.29. The summed E-state index contributed by atoms with van der Waals surface area (Å²) in [6, 6.07) is 12.6. The van der Waals surface area contributed by atoms with Gasteiger partial charge >= 0.3 is 6.03 Å². The van der Waals surface area contributed by atoms with Gasteiger partial charge in [-0.15, -0.1) is 0 Å². The lowest BCUT2D eigenvalue weighted by Gasteiger charge is -2.18. The van der Waals surface area contributed by atoms with Gasteiger partial charge in [-0.2, -0.15) is 0 Å². The first-order valence-corrected chi connectivity index (χ1v) is 8.42. The van der Waals surface area contributed by atoms with Crippen molar-refractivity contribution in [1.82, 2.24) is 10.6 Å². The second-order valence-electron chi connectivity index (χ2n) is 5.61. The number of carbonyl (C=O) groups is 1. The Labute approximate surface area is 153 Å². The summed E-state index contributed by atoms with van der Waals surface area (Å²) in [7, 11) is 3.21. The quantitative estimate of drug-likeness (QED) is 0.783. The van der Waals surface area contributed by atoms with E-state index in [2.05, 4.69) is 10.6 Å². The number of hydrogen-bond acceptors (Lipinski definition) is 3. The van der Waals surface area contributed by atoms with Crippen LogP contribution in [0, 0.1) is 0 Å². The SMILES string of the molecule is COc1ccc(OC)c(C(C)NC(=O)NCCc2ccc(Cl)cc2)c1. The molecule has 2 amide bonds. The van der Waals surface area contributed by atoms with Crippen LogP contribution in [0.2, 0.25) is 5.02 Å². The van der Waals surface area contributed by atoms with Crippen molar-refractivity contribution >= 4 is 17.6 Å². The molecule has 6 heteroatoms. The maximum Gasteiger partial charge on any atom is 0.315 e. The highest BCUT2D eigenvalue weighted by atomic mass is 35.5. The molecule has 134 valence electrons. The van der Waals surface area contributed by atoms with Crippen molar-refractivity contribution in [2.45, 2.75) is 19.4 Å². The van der Waals surface area contributed by atoms with Crippen molar-refractivity contribution in [3.63, 3.8) is 0 Å². The Hall–Kier alpha value is -2.40. The van der Waals surface area contributed by atoms with Gasteiger partial charge in [0.15, 0.2) is 0 Å². The molecule has 0 aliphatic heterocycles. The summed E-state index contributed by atoms with van der Waals surface area (Å²) < 4.78 is 10.6. The Bertz CT molecular complexity index is 704. The first kappa shape index (κ1) is 18.9. The van der Waals surface area contributed by atoms with E-state index in [1.807, 2.05) is 49.4 Å². The molecule has 0 aliphatic carbocycles. The van der Waals surface area contributed by atoms with Crippen LogP contribution in [-0.2, 0) is 6.42 Å². The van der Waals surface area contributed by atoms with E-state index in [1.54, 1.807) is 14.2 Å². The smallest absolute Gasteiger partial charge is 0.315 e. The third-order valence-electron chi connectivity index (χ3n) is 3.86. The van der Waals surface area contributed by atoms with E-state index >= 15 is 0 Å². The molecule has 0 aromatic heterocycles. The van der Waals surface area contributed by atoms with Gasteiger partial charge in [0.25, 0.3) is 0 Å². The second-order valence-corrected chi connectivity index (χ2v) is 6.04. The monoisotopic (exact) mass is 362 g/mol. The zero-order valence-corrected chi connectivity index (χ0v) is 15.4. The van der Waals surface area contributed by atoms with Crippen LogP contribution >= 0.6 is 11.6 Å². The molecule has 1 unspecified atom stereocenters. The standard InChI is InChI=1S/C19H23ClN2O3/c1-13(17-12-16(24-2)8-9-18(17)25-3)22-19(23)21-11-10-14-4-6-15(20)7-5-14/h4-9,12-13H,10-11H2,1-3H3,(H2,21,22,23). The second kappa shape index (κ2) is 9.18. The molecule has 2 N–H and O–H groups in total. The zero-order valence-electron chi connectivity index (χ0n) is 14.6. The van der Waals surface area contributed by atoms with Crippen LogP contribution in [0.4, 0.5) is 4.79 Å². The number of urea groups is 1. The number of hydrogen-bond donors (Lipinski definition) is 2. The number of benzene rings is 2. The molecule has 0 bridgehead atoms. The van der Waals surface area contributed by atoms with E-state index in [9.17, 15) is 4.79 Å². The summed E-state index contributed by atoms with van der Waals surface area (Å²) in [4.78, 5) is 12.1. The van der Waals surface area contributed by atoms with Crippen LogP contribution in [0.1, 0.15) is 24.1 Å². The largest absolute Gasteiger partial charge is 0.497 e. The molecule has 0 saturated carbocycles. The van der Waals surface area contributed by atoms with E-state index in [4.69, 9.17) is 21.1 Å². The summed E-state index contributed by atoms with van der Waals surface area (Å²) >= 11 is 5.86. The lowest BCUT2D eigenvalue weighted by Crippen LogP contribution is -2.38. The van der Waals surface area contributed by atoms with Gasteiger partial charge in [0.2, 0.25) is 0 Å². The maximum absolute atomic E-state index is 12.1. The Morgan fingerprint density at radius 3 is 2.48 bits per heavy atom. The minimum atomic E-state index is -0.230. The van der Waals surface area contributed by atoms with Gasteiger partial charge in [0, 0.05) is 17.1 Å². The van der Waals surface area contributed by atoms with Crippen molar-refractivity contribution in [2.24, 2.45) is 0 Å². The van der Waals surface area contributed by atoms with Crippen molar-refractivity contribution in [3.05, 3.63) is 58.6 Å². The molecule has 0 radical (unpaired) electrons. The van der Waals surface area contributed by atoms with Crippen LogP contribution in [-0.4, -0.2) is 26.8 Å². The summed E-state index contributed by atoms with van der Waals surface area (Å²) in [5.41, 5.74) is 1.97. The average molecular weight is 363 g/mol. The van der Waals surface area contributed by atoms with Crippen LogP contribution < -0.4 is 20.1 Å². The molecule has 0 spiro atoms. The van der Waals surface area contributed by atoms with Gasteiger partial charge in [-0.1, -0.05) is 23.7 Å². The van der Waals surface area contributed by atoms with Crippen molar-refractivity contribution in [2.75, 3.05) is 20.8 Å². The fourth-order valence-electron chi connectivity index (χ4n) is 2.47. The van der Waals surface area contributed by atoms with Gasteiger partial charge < -0.3 is 20.1 Å². The summed E-state index contributed by atoms with van der Waals surface area (Å²) in [5.74, 6) is 1.42. The zero-order chi connectivity index (χ0) is 18.2. The molecule has 0 saturated heterocycles. The van der Waals surface area contributed by atoms with Crippen LogP contribution in [0.5, 0.6) is 11.5 Å². The number of amides is 2. The van der Waals surface area contributed by atoms with Crippen molar-refractivity contribution < 1.29 is 14.3 Å². The van der Waals surface area contributed by atoms with Crippen molar-refractivity contribution in [3.8, 4) is 11.5 Å². The van der Waals surface area contributed by atoms with E-state index in [-0.39, 0.29) is 12.1 Å². The summed E-state index contributed by atoms with van der Waals surface area (Å²) in [6.45, 7) is 2.44. The van der Waals surface area contributed by atoms with Gasteiger partial charge in [-0.3, -0.25) is 0 Å². The highest BCUT2D eigenvalue weighted by Gasteiger charge is 2.15. The Kier molecular flexibility index (Phi) is 6.95. The lowest BCUT2D eigenvalue weighted by molar-refractivity contribution is 0.238. The van der Waals surface area contributed by atoms with E-state index in [0.29, 0.717) is 23.1 Å². The van der Waals surface area contributed by atoms with Gasteiger partial charge in [-0.05, 0) is 49.2 Å². The predicted octanol–water partition coefficient (Wildman–Crippen LogP) is 3.96. The van der Waals surface area contributed by atoms with Gasteiger partial charge in [0.05, 0.1) is 20.3 Å². The highest BCUT2D eigenvalue weighted by molar-refractivity contribution is 6.30. The third-order valence-corrected chi connectivity index (χ3v) is 4.12. The number of nitrogens with one attached hydrogen (secondary N) is 2. The minimum Gasteiger partial charge on any atom is -0.497 e. The fourth-order valence-corrected chi connectivity index (χ4v) is 2.60. The molecule has 5 nitrogen and oxygen atoms in total. The number of carbonyl (C=O) groups excluding carboxylic acids is 1. The molecule has 2 aromatic carbocycles. The molecule has 2 rings (SSSR count). The molecular weight excluding hydrogens is 340 g/mol. The molecule has 25 heavy (non-hydrogen) atoms. The number of rotatable bonds is 7. The third kappa shape index (κ3) is 5.57. The Morgan fingerprint density at radius 2 is 1.84 bits per heavy atom. The molecule has 0 fully saturated rings. The lowest BCUT2D eigenvalue weighted by atomic mass is 10.1. The molecule has 0 heterocycles. The van der Waals surface area contributed by atoms with E-state index < -0.39 is 0 Å². The Balaban J connectivity index is 1.88. The van der Waals surface area contributed by atoms with Crippen LogP contribution in [0.15, 0.2) is 42.5 Å². The van der Waals surface area contributed by atoms with Gasteiger partial charge in [0.1, 0.15) is 11.5 Å². The normalized spacial score (nSPS) is 11.5. The fraction of sp³-hybridized carbons (Fsp3) is 0.316. The maximum atomic E-state index is 12.1. The summed E-state index contributed by atoms with van der Waals surface area (Å²) in [6.07, 6.45) is 0.738. The van der Waals surface area contributed by atoms with E-state index in [1.165, 1.54) is 0 Å².